The second-order valence-electron chi connectivity index (χ2n) is 7.70. The van der Waals surface area contributed by atoms with Crippen molar-refractivity contribution in [2.45, 2.75) is 12.5 Å². The molecule has 1 heterocycles. The number of ether oxygens (including phenoxy) is 3. The van der Waals surface area contributed by atoms with Gasteiger partial charge in [-0.15, -0.1) is 11.3 Å². The number of carbonyl (C=O) groups excluding carboxylic acids is 3. The van der Waals surface area contributed by atoms with Crippen molar-refractivity contribution in [3.8, 4) is 5.75 Å². The van der Waals surface area contributed by atoms with Crippen LogP contribution in [0.2, 0.25) is 5.02 Å². The summed E-state index contributed by atoms with van der Waals surface area (Å²) in [7, 11) is 0. The first kappa shape index (κ1) is 25.9. The van der Waals surface area contributed by atoms with E-state index in [9.17, 15) is 19.2 Å². The van der Waals surface area contributed by atoms with E-state index in [1.54, 1.807) is 18.2 Å². The van der Waals surface area contributed by atoms with Gasteiger partial charge >= 0.3 is 11.9 Å². The Morgan fingerprint density at radius 2 is 1.69 bits per heavy atom. The summed E-state index contributed by atoms with van der Waals surface area (Å²) in [6.07, 6.45) is 1.95. The maximum absolute atomic E-state index is 13.0. The molecule has 0 unspecified atom stereocenters. The van der Waals surface area contributed by atoms with Gasteiger partial charge in [-0.1, -0.05) is 36.9 Å². The minimum absolute atomic E-state index is 0.227. The van der Waals surface area contributed by atoms with E-state index in [0.29, 0.717) is 21.2 Å². The predicted octanol–water partition coefficient (Wildman–Crippen LogP) is 3.78. The van der Waals surface area contributed by atoms with E-state index in [1.165, 1.54) is 24.3 Å². The normalized spacial score (nSPS) is 11.0. The van der Waals surface area contributed by atoms with E-state index < -0.39 is 30.0 Å². The van der Waals surface area contributed by atoms with E-state index in [1.807, 2.05) is 12.1 Å². The molecule has 35 heavy (non-hydrogen) atoms. The van der Waals surface area contributed by atoms with Crippen LogP contribution in [0.1, 0.15) is 6.92 Å². The second-order valence-corrected chi connectivity index (χ2v) is 9.16. The Balaban J connectivity index is 1.80. The number of esters is 2. The summed E-state index contributed by atoms with van der Waals surface area (Å²) < 4.78 is 17.1. The van der Waals surface area contributed by atoms with Crippen LogP contribution in [0.25, 0.3) is 20.2 Å². The Bertz CT molecular complexity index is 1360. The molecule has 1 N–H and O–H groups in total. The van der Waals surface area contributed by atoms with Gasteiger partial charge in [0.25, 0.3) is 5.91 Å². The molecule has 0 fully saturated rings. The molecule has 8 nitrogen and oxygen atoms in total. The van der Waals surface area contributed by atoms with Crippen molar-refractivity contribution >= 4 is 61.0 Å². The molecule has 3 rings (SSSR count). The van der Waals surface area contributed by atoms with Gasteiger partial charge in [0, 0.05) is 22.2 Å². The number of halogens is 1. The van der Waals surface area contributed by atoms with Crippen molar-refractivity contribution in [1.82, 2.24) is 5.32 Å². The smallest absolute Gasteiger partial charge is 0.330 e. The molecule has 1 aromatic heterocycles. The lowest BCUT2D eigenvalue weighted by molar-refractivity contribution is -0.147. The van der Waals surface area contributed by atoms with E-state index in [2.05, 4.69) is 18.5 Å². The monoisotopic (exact) mass is 515 g/mol. The van der Waals surface area contributed by atoms with E-state index in [-0.39, 0.29) is 23.7 Å². The summed E-state index contributed by atoms with van der Waals surface area (Å²) in [6, 6.07) is 10.3. The summed E-state index contributed by atoms with van der Waals surface area (Å²) >= 11 is 7.63. The summed E-state index contributed by atoms with van der Waals surface area (Å²) in [5.74, 6) is -1.67. The number of fused-ring (bicyclic) bond motifs is 2. The topological polar surface area (TPSA) is 108 Å². The Kier molecular flexibility index (Phi) is 8.26. The average Bonchev–Trinajstić information content (AvgIpc) is 2.85. The van der Waals surface area contributed by atoms with Gasteiger partial charge < -0.3 is 19.5 Å². The van der Waals surface area contributed by atoms with Crippen molar-refractivity contribution in [2.75, 3.05) is 19.8 Å². The molecule has 2 aromatic carbocycles. The lowest BCUT2D eigenvalue weighted by Crippen LogP contribution is -2.54. The zero-order valence-corrected chi connectivity index (χ0v) is 20.4. The molecule has 0 saturated carbocycles. The summed E-state index contributed by atoms with van der Waals surface area (Å²) in [5, 5.41) is 3.79. The number of rotatable bonds is 10. The maximum atomic E-state index is 13.0. The highest BCUT2D eigenvalue weighted by atomic mass is 35.5. The van der Waals surface area contributed by atoms with Crippen LogP contribution in [0, 0.1) is 0 Å². The quantitative estimate of drug-likeness (QED) is 0.249. The molecule has 10 heteroatoms. The van der Waals surface area contributed by atoms with Crippen LogP contribution < -0.4 is 15.5 Å². The number of benzene rings is 2. The van der Waals surface area contributed by atoms with Gasteiger partial charge in [-0.25, -0.2) is 9.59 Å². The third-order valence-electron chi connectivity index (χ3n) is 4.84. The van der Waals surface area contributed by atoms with Gasteiger partial charge in [-0.05, 0) is 31.2 Å². The Morgan fingerprint density at radius 3 is 2.31 bits per heavy atom. The van der Waals surface area contributed by atoms with Crippen molar-refractivity contribution < 1.29 is 28.6 Å². The number of carbonyl (C=O) groups is 3. The van der Waals surface area contributed by atoms with Gasteiger partial charge in [0.15, 0.2) is 12.0 Å². The average molecular weight is 516 g/mol. The van der Waals surface area contributed by atoms with Crippen molar-refractivity contribution in [3.05, 3.63) is 77.0 Å². The summed E-state index contributed by atoms with van der Waals surface area (Å²) in [4.78, 5) is 48.7. The molecule has 0 aliphatic carbocycles. The molecule has 0 radical (unpaired) electrons. The molecular formula is C25H22ClNO7S. The molecule has 1 amide bonds. The molecule has 0 atom stereocenters. The first-order valence-corrected chi connectivity index (χ1v) is 11.5. The third-order valence-corrected chi connectivity index (χ3v) is 6.34. The van der Waals surface area contributed by atoms with Crippen molar-refractivity contribution in [1.29, 1.82) is 0 Å². The van der Waals surface area contributed by atoms with Crippen LogP contribution in [0.15, 0.2) is 66.5 Å². The molecule has 0 aliphatic rings. The fraction of sp³-hybridized carbons (Fsp3) is 0.200. The number of hydrogen-bond acceptors (Lipinski definition) is 8. The highest BCUT2D eigenvalue weighted by Gasteiger charge is 2.30. The molecule has 0 bridgehead atoms. The Morgan fingerprint density at radius 1 is 1.06 bits per heavy atom. The van der Waals surface area contributed by atoms with E-state index in [4.69, 9.17) is 25.8 Å². The highest BCUT2D eigenvalue weighted by molar-refractivity contribution is 7.25. The Hall–Kier alpha value is -3.69. The third kappa shape index (κ3) is 6.26. The van der Waals surface area contributed by atoms with Crippen LogP contribution in [0.4, 0.5) is 0 Å². The molecule has 0 spiro atoms. The molecule has 0 saturated heterocycles. The maximum Gasteiger partial charge on any atom is 0.330 e. The minimum atomic E-state index is -1.25. The SMILES string of the molecule is C=CC(=O)OCC(C)(COC(=O)C=C)NC(=O)COc1ccc(Cl)c2c(=O)c3ccccc3sc12. The predicted molar refractivity (Wildman–Crippen MR) is 135 cm³/mol. The number of nitrogens with one attached hydrogen (secondary N) is 1. The van der Waals surface area contributed by atoms with Crippen LogP contribution >= 0.6 is 22.9 Å². The minimum Gasteiger partial charge on any atom is -0.482 e. The first-order valence-electron chi connectivity index (χ1n) is 10.3. The summed E-state index contributed by atoms with van der Waals surface area (Å²) in [6.45, 7) is 7.17. The number of hydrogen-bond donors (Lipinski definition) is 1. The lowest BCUT2D eigenvalue weighted by atomic mass is 10.1. The van der Waals surface area contributed by atoms with Crippen molar-refractivity contribution in [3.63, 3.8) is 0 Å². The highest BCUT2D eigenvalue weighted by Crippen LogP contribution is 2.35. The van der Waals surface area contributed by atoms with Crippen LogP contribution in [0.3, 0.4) is 0 Å². The van der Waals surface area contributed by atoms with E-state index in [0.717, 1.165) is 16.9 Å². The van der Waals surface area contributed by atoms with Gasteiger partial charge in [0.2, 0.25) is 0 Å². The van der Waals surface area contributed by atoms with Crippen molar-refractivity contribution in [2.24, 2.45) is 0 Å². The van der Waals surface area contributed by atoms with Gasteiger partial charge in [0.1, 0.15) is 24.5 Å². The van der Waals surface area contributed by atoms with Crippen LogP contribution in [0.5, 0.6) is 5.75 Å². The Labute approximate surface area is 209 Å². The molecule has 182 valence electrons. The van der Waals surface area contributed by atoms with Gasteiger partial charge in [0.05, 0.1) is 15.1 Å². The fourth-order valence-corrected chi connectivity index (χ4v) is 4.63. The first-order chi connectivity index (χ1) is 16.7. The zero-order chi connectivity index (χ0) is 25.6. The second kappa shape index (κ2) is 11.2. The molecule has 0 aliphatic heterocycles. The largest absolute Gasteiger partial charge is 0.482 e. The molecular weight excluding hydrogens is 494 g/mol. The van der Waals surface area contributed by atoms with Crippen LogP contribution in [-0.4, -0.2) is 43.2 Å². The number of amides is 1. The standard InChI is InChI=1S/C25H22ClNO7S/c1-4-20(29)33-13-25(3,14-34-21(30)5-2)27-19(28)12-32-17-11-10-16(26)22-23(31)15-8-6-7-9-18(15)35-24(17)22/h4-11H,1-2,12-14H2,3H3,(H,27,28). The lowest BCUT2D eigenvalue weighted by Gasteiger charge is -2.29. The van der Waals surface area contributed by atoms with E-state index >= 15 is 0 Å². The summed E-state index contributed by atoms with van der Waals surface area (Å²) in [5.41, 5.74) is -1.48. The van der Waals surface area contributed by atoms with Gasteiger partial charge in [-0.3, -0.25) is 9.59 Å². The fourth-order valence-electron chi connectivity index (χ4n) is 3.16. The molecule has 3 aromatic rings. The van der Waals surface area contributed by atoms with Crippen LogP contribution in [-0.2, 0) is 23.9 Å². The zero-order valence-electron chi connectivity index (χ0n) is 18.8. The van der Waals surface area contributed by atoms with Gasteiger partial charge in [-0.2, -0.15) is 0 Å².